The third kappa shape index (κ3) is 3.06. The van der Waals surface area contributed by atoms with Crippen molar-refractivity contribution in [2.24, 2.45) is 0 Å². The summed E-state index contributed by atoms with van der Waals surface area (Å²) in [5.74, 6) is 1.67. The highest BCUT2D eigenvalue weighted by Gasteiger charge is 2.10. The second-order valence-electron chi connectivity index (χ2n) is 3.66. The van der Waals surface area contributed by atoms with Gasteiger partial charge in [0.1, 0.15) is 18.0 Å². The lowest BCUT2D eigenvalue weighted by Gasteiger charge is -2.16. The number of aliphatic hydroxyl groups excluding tert-OH is 1. The molecule has 0 radical (unpaired) electrons. The molecule has 0 aliphatic heterocycles. The Morgan fingerprint density at radius 3 is 2.56 bits per heavy atom. The minimum Gasteiger partial charge on any atom is -0.394 e. The minimum atomic E-state index is -0.00493. The van der Waals surface area contributed by atoms with Crippen molar-refractivity contribution in [2.45, 2.75) is 33.2 Å². The van der Waals surface area contributed by atoms with Crippen LogP contribution in [0.15, 0.2) is 6.33 Å². The Balaban J connectivity index is 2.94. The molecule has 1 aromatic heterocycles. The largest absolute Gasteiger partial charge is 0.394 e. The summed E-state index contributed by atoms with van der Waals surface area (Å²) in [5.41, 5.74) is 1.06. The SMILES string of the molecule is CCNc1ncnc(NC(C)CO)c1CC. The highest BCUT2D eigenvalue weighted by molar-refractivity contribution is 5.57. The van der Waals surface area contributed by atoms with E-state index < -0.39 is 0 Å². The average molecular weight is 224 g/mol. The van der Waals surface area contributed by atoms with E-state index in [2.05, 4.69) is 27.5 Å². The summed E-state index contributed by atoms with van der Waals surface area (Å²) in [4.78, 5) is 8.42. The number of nitrogens with one attached hydrogen (secondary N) is 2. The lowest BCUT2D eigenvalue weighted by atomic mass is 10.2. The fourth-order valence-corrected chi connectivity index (χ4v) is 1.47. The van der Waals surface area contributed by atoms with Crippen molar-refractivity contribution in [1.29, 1.82) is 0 Å². The molecule has 0 bridgehead atoms. The molecule has 1 atom stereocenters. The fraction of sp³-hybridized carbons (Fsp3) is 0.636. The maximum atomic E-state index is 9.01. The van der Waals surface area contributed by atoms with Gasteiger partial charge in [-0.3, -0.25) is 0 Å². The van der Waals surface area contributed by atoms with E-state index in [4.69, 9.17) is 5.11 Å². The highest BCUT2D eigenvalue weighted by Crippen LogP contribution is 2.20. The zero-order valence-electron chi connectivity index (χ0n) is 10.1. The summed E-state index contributed by atoms with van der Waals surface area (Å²) in [6.45, 7) is 6.93. The van der Waals surface area contributed by atoms with Gasteiger partial charge in [-0.1, -0.05) is 6.92 Å². The Morgan fingerprint density at radius 2 is 2.00 bits per heavy atom. The molecule has 0 saturated heterocycles. The van der Waals surface area contributed by atoms with Crippen molar-refractivity contribution >= 4 is 11.6 Å². The molecule has 5 nitrogen and oxygen atoms in total. The van der Waals surface area contributed by atoms with Gasteiger partial charge in [-0.15, -0.1) is 0 Å². The molecular weight excluding hydrogens is 204 g/mol. The van der Waals surface area contributed by atoms with Crippen molar-refractivity contribution < 1.29 is 5.11 Å². The van der Waals surface area contributed by atoms with Crippen molar-refractivity contribution in [3.63, 3.8) is 0 Å². The molecule has 0 aliphatic carbocycles. The first kappa shape index (κ1) is 12.7. The molecule has 90 valence electrons. The van der Waals surface area contributed by atoms with E-state index >= 15 is 0 Å². The van der Waals surface area contributed by atoms with Gasteiger partial charge < -0.3 is 15.7 Å². The van der Waals surface area contributed by atoms with Crippen LogP contribution < -0.4 is 10.6 Å². The lowest BCUT2D eigenvalue weighted by molar-refractivity contribution is 0.281. The Bertz CT molecular complexity index is 330. The number of aromatic nitrogens is 2. The fourth-order valence-electron chi connectivity index (χ4n) is 1.47. The van der Waals surface area contributed by atoms with E-state index in [0.717, 1.165) is 30.2 Å². The molecule has 0 fully saturated rings. The Kier molecular flexibility index (Phi) is 4.98. The van der Waals surface area contributed by atoms with Crippen LogP contribution in [0, 0.1) is 0 Å². The van der Waals surface area contributed by atoms with E-state index in [9.17, 15) is 0 Å². The van der Waals surface area contributed by atoms with Crippen LogP contribution in [-0.2, 0) is 6.42 Å². The second kappa shape index (κ2) is 6.27. The van der Waals surface area contributed by atoms with E-state index in [0.29, 0.717) is 0 Å². The molecule has 0 amide bonds. The Morgan fingerprint density at radius 1 is 1.31 bits per heavy atom. The van der Waals surface area contributed by atoms with E-state index in [1.807, 2.05) is 13.8 Å². The minimum absolute atomic E-state index is 0.00493. The lowest BCUT2D eigenvalue weighted by Crippen LogP contribution is -2.21. The van der Waals surface area contributed by atoms with Gasteiger partial charge in [-0.25, -0.2) is 9.97 Å². The highest BCUT2D eigenvalue weighted by atomic mass is 16.3. The number of aliphatic hydroxyl groups is 1. The maximum Gasteiger partial charge on any atom is 0.134 e. The number of anilines is 2. The topological polar surface area (TPSA) is 70.1 Å². The number of hydrogen-bond donors (Lipinski definition) is 3. The number of rotatable bonds is 6. The molecule has 0 aromatic carbocycles. The first-order chi connectivity index (χ1) is 7.72. The van der Waals surface area contributed by atoms with Gasteiger partial charge in [-0.05, 0) is 20.3 Å². The van der Waals surface area contributed by atoms with Gasteiger partial charge in [-0.2, -0.15) is 0 Å². The molecule has 1 unspecified atom stereocenters. The quantitative estimate of drug-likeness (QED) is 0.678. The van der Waals surface area contributed by atoms with Crippen molar-refractivity contribution in [3.05, 3.63) is 11.9 Å². The smallest absolute Gasteiger partial charge is 0.134 e. The van der Waals surface area contributed by atoms with Crippen molar-refractivity contribution in [3.8, 4) is 0 Å². The predicted molar refractivity (Wildman–Crippen MR) is 65.7 cm³/mol. The van der Waals surface area contributed by atoms with Crippen LogP contribution in [0.1, 0.15) is 26.3 Å². The van der Waals surface area contributed by atoms with E-state index in [1.54, 1.807) is 0 Å². The van der Waals surface area contributed by atoms with Crippen molar-refractivity contribution in [2.75, 3.05) is 23.8 Å². The summed E-state index contributed by atoms with van der Waals surface area (Å²) >= 11 is 0. The number of nitrogens with zero attached hydrogens (tertiary/aromatic N) is 2. The average Bonchev–Trinajstić information content (AvgIpc) is 2.29. The van der Waals surface area contributed by atoms with Crippen molar-refractivity contribution in [1.82, 2.24) is 9.97 Å². The zero-order valence-corrected chi connectivity index (χ0v) is 10.1. The summed E-state index contributed by atoms with van der Waals surface area (Å²) < 4.78 is 0. The summed E-state index contributed by atoms with van der Waals surface area (Å²) in [5, 5.41) is 15.4. The molecule has 3 N–H and O–H groups in total. The third-order valence-electron chi connectivity index (χ3n) is 2.30. The molecule has 1 rings (SSSR count). The Labute approximate surface area is 96.3 Å². The van der Waals surface area contributed by atoms with Crippen LogP contribution in [-0.4, -0.2) is 34.3 Å². The van der Waals surface area contributed by atoms with Gasteiger partial charge >= 0.3 is 0 Å². The zero-order chi connectivity index (χ0) is 12.0. The van der Waals surface area contributed by atoms with Gasteiger partial charge in [0.05, 0.1) is 6.61 Å². The van der Waals surface area contributed by atoms with Gasteiger partial charge in [0.15, 0.2) is 0 Å². The summed E-state index contributed by atoms with van der Waals surface area (Å²) in [6, 6.07) is -0.00493. The summed E-state index contributed by atoms with van der Waals surface area (Å²) in [6.07, 6.45) is 2.38. The van der Waals surface area contributed by atoms with E-state index in [1.165, 1.54) is 6.33 Å². The predicted octanol–water partition coefficient (Wildman–Crippen LogP) is 1.26. The first-order valence-electron chi connectivity index (χ1n) is 5.68. The molecule has 0 spiro atoms. The standard InChI is InChI=1S/C11H20N4O/c1-4-9-10(12-5-2)13-7-14-11(9)15-8(3)6-16/h7-8,16H,4-6H2,1-3H3,(H2,12,13,14,15). The second-order valence-corrected chi connectivity index (χ2v) is 3.66. The first-order valence-corrected chi connectivity index (χ1v) is 5.68. The molecule has 16 heavy (non-hydrogen) atoms. The molecule has 1 aromatic rings. The van der Waals surface area contributed by atoms with Crippen LogP contribution in [0.4, 0.5) is 11.6 Å². The van der Waals surface area contributed by atoms with E-state index in [-0.39, 0.29) is 12.6 Å². The normalized spacial score (nSPS) is 12.2. The van der Waals surface area contributed by atoms with Crippen LogP contribution in [0.25, 0.3) is 0 Å². The van der Waals surface area contributed by atoms with Gasteiger partial charge in [0.25, 0.3) is 0 Å². The van der Waals surface area contributed by atoms with Gasteiger partial charge in [0, 0.05) is 18.2 Å². The molecular formula is C11H20N4O. The Hall–Kier alpha value is -1.36. The van der Waals surface area contributed by atoms with Crippen LogP contribution in [0.3, 0.4) is 0 Å². The molecule has 0 saturated carbocycles. The summed E-state index contributed by atoms with van der Waals surface area (Å²) in [7, 11) is 0. The van der Waals surface area contributed by atoms with Gasteiger partial charge in [0.2, 0.25) is 0 Å². The molecule has 5 heteroatoms. The van der Waals surface area contributed by atoms with Crippen LogP contribution in [0.2, 0.25) is 0 Å². The van der Waals surface area contributed by atoms with Crippen LogP contribution in [0.5, 0.6) is 0 Å². The van der Waals surface area contributed by atoms with Crippen LogP contribution >= 0.6 is 0 Å². The monoisotopic (exact) mass is 224 g/mol. The maximum absolute atomic E-state index is 9.01. The third-order valence-corrected chi connectivity index (χ3v) is 2.30. The number of hydrogen-bond acceptors (Lipinski definition) is 5. The molecule has 1 heterocycles. The molecule has 0 aliphatic rings.